The summed E-state index contributed by atoms with van der Waals surface area (Å²) in [5.41, 5.74) is 3.75. The first-order valence-corrected chi connectivity index (χ1v) is 10.3. The molecule has 0 spiro atoms. The van der Waals surface area contributed by atoms with Crippen LogP contribution in [-0.2, 0) is 4.79 Å². The number of amides is 2. The second-order valence-electron chi connectivity index (χ2n) is 7.81. The zero-order chi connectivity index (χ0) is 19.1. The van der Waals surface area contributed by atoms with Crippen molar-refractivity contribution in [2.24, 2.45) is 0 Å². The second kappa shape index (κ2) is 7.10. The minimum absolute atomic E-state index is 0.144. The number of fused-ring (bicyclic) bond motifs is 1. The first kappa shape index (κ1) is 19.0. The second-order valence-corrected chi connectivity index (χ2v) is 8.81. The van der Waals surface area contributed by atoms with E-state index in [4.69, 9.17) is 0 Å². The summed E-state index contributed by atoms with van der Waals surface area (Å²) in [5.74, 6) is 0.301. The van der Waals surface area contributed by atoms with Crippen LogP contribution in [0.5, 0.6) is 0 Å². The molecule has 0 aliphatic carbocycles. The van der Waals surface area contributed by atoms with E-state index in [1.807, 2.05) is 13.0 Å². The molecule has 3 rings (SSSR count). The maximum absolute atomic E-state index is 12.5. The highest BCUT2D eigenvalue weighted by atomic mass is 32.2. The van der Waals surface area contributed by atoms with Crippen LogP contribution in [0.15, 0.2) is 23.1 Å². The summed E-state index contributed by atoms with van der Waals surface area (Å²) in [4.78, 5) is 28.8. The van der Waals surface area contributed by atoms with Gasteiger partial charge in [0.05, 0.1) is 4.91 Å². The Morgan fingerprint density at radius 3 is 2.65 bits per heavy atom. The number of nitrogens with zero attached hydrogens (tertiary/aromatic N) is 2. The van der Waals surface area contributed by atoms with Crippen molar-refractivity contribution < 1.29 is 9.59 Å². The topological polar surface area (TPSA) is 40.6 Å². The zero-order valence-corrected chi connectivity index (χ0v) is 17.2. The smallest absolute Gasteiger partial charge is 0.293 e. The fourth-order valence-corrected chi connectivity index (χ4v) is 5.13. The molecule has 0 N–H and O–H groups in total. The fourth-order valence-electron chi connectivity index (χ4n) is 4.26. The molecule has 5 heteroatoms. The normalized spacial score (nSPS) is 23.7. The van der Waals surface area contributed by atoms with E-state index in [1.54, 1.807) is 0 Å². The van der Waals surface area contributed by atoms with Gasteiger partial charge in [-0.05, 0) is 80.6 Å². The molecular weight excluding hydrogens is 344 g/mol. The molecule has 1 aromatic rings. The van der Waals surface area contributed by atoms with Crippen LogP contribution in [0.2, 0.25) is 0 Å². The third-order valence-electron chi connectivity index (χ3n) is 5.34. The summed E-state index contributed by atoms with van der Waals surface area (Å²) in [5, 5.41) is -0.159. The first-order valence-electron chi connectivity index (χ1n) is 9.45. The highest BCUT2D eigenvalue weighted by Crippen LogP contribution is 2.44. The van der Waals surface area contributed by atoms with E-state index in [0.717, 1.165) is 36.7 Å². The van der Waals surface area contributed by atoms with Crippen LogP contribution < -0.4 is 4.90 Å². The minimum atomic E-state index is -0.163. The molecule has 4 nitrogen and oxygen atoms in total. The van der Waals surface area contributed by atoms with E-state index in [9.17, 15) is 9.59 Å². The van der Waals surface area contributed by atoms with Crippen LogP contribution in [-0.4, -0.2) is 34.7 Å². The molecule has 26 heavy (non-hydrogen) atoms. The van der Waals surface area contributed by atoms with Crippen LogP contribution in [0.4, 0.5) is 10.5 Å². The lowest BCUT2D eigenvalue weighted by molar-refractivity contribution is -0.122. The van der Waals surface area contributed by atoms with Crippen molar-refractivity contribution in [3.63, 3.8) is 0 Å². The van der Waals surface area contributed by atoms with Crippen molar-refractivity contribution in [1.82, 2.24) is 4.90 Å². The Morgan fingerprint density at radius 1 is 1.27 bits per heavy atom. The van der Waals surface area contributed by atoms with Crippen molar-refractivity contribution in [2.75, 3.05) is 18.0 Å². The van der Waals surface area contributed by atoms with Crippen molar-refractivity contribution in [3.8, 4) is 0 Å². The SMILES string of the molecule is CCCN1C(=O)S/C(=C\c2ccc3c(c2)C(C)CC(C)(C)N3CC)C1=O. The highest BCUT2D eigenvalue weighted by Gasteiger charge is 2.36. The average Bonchev–Trinajstić information content (AvgIpc) is 2.83. The third kappa shape index (κ3) is 3.29. The molecule has 0 aromatic heterocycles. The number of anilines is 1. The van der Waals surface area contributed by atoms with E-state index in [0.29, 0.717) is 17.4 Å². The van der Waals surface area contributed by atoms with E-state index < -0.39 is 0 Å². The molecule has 1 saturated heterocycles. The number of benzene rings is 1. The molecule has 140 valence electrons. The molecule has 0 radical (unpaired) electrons. The Kier molecular flexibility index (Phi) is 5.20. The Labute approximate surface area is 160 Å². The van der Waals surface area contributed by atoms with Crippen molar-refractivity contribution in [1.29, 1.82) is 0 Å². The van der Waals surface area contributed by atoms with Gasteiger partial charge in [0.25, 0.3) is 11.1 Å². The summed E-state index contributed by atoms with van der Waals surface area (Å²) < 4.78 is 0. The van der Waals surface area contributed by atoms with Crippen molar-refractivity contribution in [3.05, 3.63) is 34.2 Å². The van der Waals surface area contributed by atoms with E-state index in [-0.39, 0.29) is 16.7 Å². The molecule has 0 bridgehead atoms. The van der Waals surface area contributed by atoms with Gasteiger partial charge >= 0.3 is 0 Å². The van der Waals surface area contributed by atoms with Gasteiger partial charge in [-0.25, -0.2) is 0 Å². The number of rotatable bonds is 4. The van der Waals surface area contributed by atoms with Gasteiger partial charge < -0.3 is 4.90 Å². The van der Waals surface area contributed by atoms with Gasteiger partial charge in [-0.2, -0.15) is 0 Å². The standard InChI is InChI=1S/C21H28N2O2S/c1-6-10-22-19(24)18(26-20(22)25)12-15-8-9-17-16(11-15)14(3)13-21(4,5)23(17)7-2/h8-9,11-12,14H,6-7,10,13H2,1-5H3/b18-12-. The van der Waals surface area contributed by atoms with Gasteiger partial charge in [0.1, 0.15) is 0 Å². The summed E-state index contributed by atoms with van der Waals surface area (Å²) in [6.45, 7) is 12.5. The number of carbonyl (C=O) groups is 2. The predicted octanol–water partition coefficient (Wildman–Crippen LogP) is 5.25. The number of hydrogen-bond acceptors (Lipinski definition) is 4. The molecule has 1 aromatic carbocycles. The lowest BCUT2D eigenvalue weighted by Crippen LogP contribution is -2.48. The van der Waals surface area contributed by atoms with Gasteiger partial charge in [-0.1, -0.05) is 19.9 Å². The number of thioether (sulfide) groups is 1. The third-order valence-corrected chi connectivity index (χ3v) is 6.25. The van der Waals surface area contributed by atoms with E-state index >= 15 is 0 Å². The monoisotopic (exact) mass is 372 g/mol. The lowest BCUT2D eigenvalue weighted by Gasteiger charge is -2.47. The minimum Gasteiger partial charge on any atom is -0.366 e. The quantitative estimate of drug-likeness (QED) is 0.677. The van der Waals surface area contributed by atoms with Crippen molar-refractivity contribution >= 4 is 34.7 Å². The summed E-state index contributed by atoms with van der Waals surface area (Å²) in [7, 11) is 0. The van der Waals surface area contributed by atoms with Gasteiger partial charge in [0.15, 0.2) is 0 Å². The molecule has 2 aliphatic rings. The molecule has 1 fully saturated rings. The molecule has 2 amide bonds. The van der Waals surface area contributed by atoms with Crippen LogP contribution in [0.1, 0.15) is 64.5 Å². The summed E-state index contributed by atoms with van der Waals surface area (Å²) in [6, 6.07) is 6.41. The Balaban J connectivity index is 1.94. The Bertz CT molecular complexity index is 769. The van der Waals surface area contributed by atoms with Crippen LogP contribution in [0.25, 0.3) is 6.08 Å². The van der Waals surface area contributed by atoms with E-state index in [1.165, 1.54) is 16.2 Å². The van der Waals surface area contributed by atoms with Gasteiger partial charge in [0, 0.05) is 24.3 Å². The van der Waals surface area contributed by atoms with Gasteiger partial charge in [-0.15, -0.1) is 0 Å². The molecule has 2 aliphatic heterocycles. The first-order chi connectivity index (χ1) is 12.3. The predicted molar refractivity (Wildman–Crippen MR) is 110 cm³/mol. The average molecular weight is 373 g/mol. The van der Waals surface area contributed by atoms with Crippen LogP contribution in [0.3, 0.4) is 0 Å². The lowest BCUT2D eigenvalue weighted by atomic mass is 9.79. The highest BCUT2D eigenvalue weighted by molar-refractivity contribution is 8.18. The number of hydrogen-bond donors (Lipinski definition) is 0. The van der Waals surface area contributed by atoms with Crippen molar-refractivity contribution in [2.45, 2.75) is 58.9 Å². The molecule has 0 saturated carbocycles. The molecule has 1 unspecified atom stereocenters. The van der Waals surface area contributed by atoms with Crippen LogP contribution >= 0.6 is 11.8 Å². The summed E-state index contributed by atoms with van der Waals surface area (Å²) in [6.07, 6.45) is 3.75. The number of carbonyl (C=O) groups excluding carboxylic acids is 2. The molecule has 2 heterocycles. The summed E-state index contributed by atoms with van der Waals surface area (Å²) >= 11 is 1.05. The molecule has 1 atom stereocenters. The Morgan fingerprint density at radius 2 is 2.00 bits per heavy atom. The Hall–Kier alpha value is -1.75. The maximum atomic E-state index is 12.5. The largest absolute Gasteiger partial charge is 0.366 e. The molecular formula is C21H28N2O2S. The fraction of sp³-hybridized carbons (Fsp3) is 0.524. The van der Waals surface area contributed by atoms with Crippen LogP contribution in [0, 0.1) is 0 Å². The number of imide groups is 1. The van der Waals surface area contributed by atoms with Gasteiger partial charge in [0.2, 0.25) is 0 Å². The zero-order valence-electron chi connectivity index (χ0n) is 16.3. The maximum Gasteiger partial charge on any atom is 0.293 e. The van der Waals surface area contributed by atoms with Gasteiger partial charge in [-0.3, -0.25) is 14.5 Å². The van der Waals surface area contributed by atoms with E-state index in [2.05, 4.69) is 50.8 Å².